The Kier molecular flexibility index (Phi) is 8.50. The third-order valence-electron chi connectivity index (χ3n) is 4.42. The summed E-state index contributed by atoms with van der Waals surface area (Å²) in [6, 6.07) is 33.4. The van der Waals surface area contributed by atoms with E-state index in [-0.39, 0.29) is 24.8 Å². The van der Waals surface area contributed by atoms with E-state index < -0.39 is 7.26 Å². The van der Waals surface area contributed by atoms with Gasteiger partial charge in [0.15, 0.2) is 0 Å². The second-order valence-electron chi connectivity index (χ2n) is 5.75. The Morgan fingerprint density at radius 1 is 0.542 bits per heavy atom. The monoisotopic (exact) mass is 378 g/mol. The van der Waals surface area contributed by atoms with Crippen LogP contribution in [0.25, 0.3) is 0 Å². The average molecular weight is 379 g/mol. The molecule has 0 nitrogen and oxygen atoms in total. The molecule has 3 rings (SSSR count). The van der Waals surface area contributed by atoms with Crippen molar-refractivity contribution < 1.29 is 0 Å². The van der Waals surface area contributed by atoms with E-state index in [1.54, 1.807) is 0 Å². The minimum absolute atomic E-state index is 0. The number of hydrogen-bond donors (Lipinski definition) is 0. The van der Waals surface area contributed by atoms with Gasteiger partial charge in [0.25, 0.3) is 0 Å². The SMILES string of the molecule is CCC[PH](c1ccccc1)(c1ccccc1)c1ccccc1.Cl.Cl. The summed E-state index contributed by atoms with van der Waals surface area (Å²) in [7, 11) is -1.92. The van der Waals surface area contributed by atoms with Gasteiger partial charge in [-0.15, -0.1) is 24.8 Å². The maximum absolute atomic E-state index is 2.32. The van der Waals surface area contributed by atoms with Gasteiger partial charge < -0.3 is 0 Å². The number of rotatable bonds is 5. The van der Waals surface area contributed by atoms with Crippen molar-refractivity contribution in [1.82, 2.24) is 0 Å². The van der Waals surface area contributed by atoms with Crippen molar-refractivity contribution in [3.63, 3.8) is 0 Å². The summed E-state index contributed by atoms with van der Waals surface area (Å²) in [4.78, 5) is 0. The number of halogens is 2. The first-order chi connectivity index (χ1) is 10.9. The molecule has 0 aliphatic heterocycles. The van der Waals surface area contributed by atoms with Gasteiger partial charge in [0.1, 0.15) is 0 Å². The van der Waals surface area contributed by atoms with Crippen LogP contribution in [0.15, 0.2) is 91.0 Å². The van der Waals surface area contributed by atoms with Crippen molar-refractivity contribution in [2.24, 2.45) is 0 Å². The molecule has 0 heterocycles. The Morgan fingerprint density at radius 3 is 1.08 bits per heavy atom. The Bertz CT molecular complexity index is 603. The van der Waals surface area contributed by atoms with Crippen LogP contribution in [-0.4, -0.2) is 6.16 Å². The molecule has 0 atom stereocenters. The first-order valence-corrected chi connectivity index (χ1v) is 10.2. The summed E-state index contributed by atoms with van der Waals surface area (Å²) in [5, 5.41) is 4.53. The first-order valence-electron chi connectivity index (χ1n) is 8.04. The molecule has 0 saturated carbocycles. The maximum Gasteiger partial charge on any atom is -0.147 e. The molecule has 3 aromatic rings. The van der Waals surface area contributed by atoms with Crippen LogP contribution in [0.3, 0.4) is 0 Å². The Morgan fingerprint density at radius 2 is 0.833 bits per heavy atom. The molecule has 0 radical (unpaired) electrons. The Labute approximate surface area is 158 Å². The maximum atomic E-state index is 2.32. The minimum atomic E-state index is -1.92. The van der Waals surface area contributed by atoms with Crippen molar-refractivity contribution >= 4 is 48.0 Å². The van der Waals surface area contributed by atoms with Gasteiger partial charge in [-0.05, 0) is 0 Å². The Hall–Kier alpha value is -1.33. The van der Waals surface area contributed by atoms with Crippen LogP contribution in [0.1, 0.15) is 13.3 Å². The van der Waals surface area contributed by atoms with Crippen LogP contribution < -0.4 is 15.9 Å². The molecule has 0 unspecified atom stereocenters. The molecule has 0 amide bonds. The van der Waals surface area contributed by atoms with E-state index in [1.807, 2.05) is 0 Å². The molecule has 0 saturated heterocycles. The zero-order valence-electron chi connectivity index (χ0n) is 13.9. The van der Waals surface area contributed by atoms with Crippen molar-refractivity contribution in [2.45, 2.75) is 13.3 Å². The summed E-state index contributed by atoms with van der Waals surface area (Å²) in [5.74, 6) is 0. The van der Waals surface area contributed by atoms with Gasteiger partial charge in [0.2, 0.25) is 0 Å². The van der Waals surface area contributed by atoms with Gasteiger partial charge in [-0.2, -0.15) is 0 Å². The molecule has 3 heteroatoms. The van der Waals surface area contributed by atoms with E-state index in [4.69, 9.17) is 0 Å². The predicted octanol–water partition coefficient (Wildman–Crippen LogP) is 4.97. The molecule has 24 heavy (non-hydrogen) atoms. The van der Waals surface area contributed by atoms with Gasteiger partial charge in [-0.1, -0.05) is 0 Å². The molecule has 0 aliphatic rings. The van der Waals surface area contributed by atoms with Gasteiger partial charge >= 0.3 is 134 Å². The van der Waals surface area contributed by atoms with E-state index >= 15 is 0 Å². The fourth-order valence-corrected chi connectivity index (χ4v) is 8.38. The smallest absolute Gasteiger partial charge is 0.147 e. The third-order valence-corrected chi connectivity index (χ3v) is 9.63. The van der Waals surface area contributed by atoms with Crippen molar-refractivity contribution in [3.8, 4) is 0 Å². The zero-order valence-corrected chi connectivity index (χ0v) is 16.5. The minimum Gasteiger partial charge on any atom is -0.147 e. The quantitative estimate of drug-likeness (QED) is 0.550. The van der Waals surface area contributed by atoms with Crippen LogP contribution in [0.2, 0.25) is 0 Å². The zero-order chi connectivity index (χ0) is 15.3. The fraction of sp³-hybridized carbons (Fsp3) is 0.143. The number of benzene rings is 3. The Balaban J connectivity index is 0.00000144. The van der Waals surface area contributed by atoms with Crippen LogP contribution >= 0.6 is 32.1 Å². The van der Waals surface area contributed by atoms with Gasteiger partial charge in [0.05, 0.1) is 0 Å². The molecule has 0 bridgehead atoms. The molecule has 128 valence electrons. The summed E-state index contributed by atoms with van der Waals surface area (Å²) >= 11 is 0. The van der Waals surface area contributed by atoms with E-state index in [0.717, 1.165) is 0 Å². The summed E-state index contributed by atoms with van der Waals surface area (Å²) in [6.45, 7) is 2.30. The molecule has 3 aromatic carbocycles. The standard InChI is InChI=1S/C21H23P.2ClH/c1-2-18-22(19-12-6-3-7-13-19,20-14-8-4-9-15-20)21-16-10-5-11-17-21;;/h3-17,22H,2,18H2,1H3;2*1H. The van der Waals surface area contributed by atoms with E-state index in [1.165, 1.54) is 28.5 Å². The van der Waals surface area contributed by atoms with E-state index in [0.29, 0.717) is 0 Å². The topological polar surface area (TPSA) is 0 Å². The number of hydrogen-bond acceptors (Lipinski definition) is 0. The van der Waals surface area contributed by atoms with Crippen LogP contribution in [0, 0.1) is 0 Å². The predicted molar refractivity (Wildman–Crippen MR) is 116 cm³/mol. The average Bonchev–Trinajstić information content (AvgIpc) is 2.62. The largest absolute Gasteiger partial charge is 0.147 e. The van der Waals surface area contributed by atoms with Gasteiger partial charge in [0, 0.05) is 0 Å². The van der Waals surface area contributed by atoms with Crippen molar-refractivity contribution in [1.29, 1.82) is 0 Å². The molecular weight excluding hydrogens is 354 g/mol. The first kappa shape index (κ1) is 20.7. The van der Waals surface area contributed by atoms with Crippen LogP contribution in [0.5, 0.6) is 0 Å². The summed E-state index contributed by atoms with van der Waals surface area (Å²) < 4.78 is 0. The fourth-order valence-electron chi connectivity index (χ4n) is 3.48. The van der Waals surface area contributed by atoms with Gasteiger partial charge in [-0.3, -0.25) is 0 Å². The van der Waals surface area contributed by atoms with Gasteiger partial charge in [-0.25, -0.2) is 0 Å². The second kappa shape index (κ2) is 9.84. The van der Waals surface area contributed by atoms with Crippen molar-refractivity contribution in [2.75, 3.05) is 6.16 Å². The molecule has 0 N–H and O–H groups in total. The molecule has 0 spiro atoms. The van der Waals surface area contributed by atoms with E-state index in [9.17, 15) is 0 Å². The second-order valence-corrected chi connectivity index (χ2v) is 9.80. The molecule has 0 aliphatic carbocycles. The normalized spacial score (nSPS) is 11.0. The molecule has 0 fully saturated rings. The van der Waals surface area contributed by atoms with E-state index in [2.05, 4.69) is 97.9 Å². The summed E-state index contributed by atoms with van der Waals surface area (Å²) in [5.41, 5.74) is 0. The molecular formula is C21H25Cl2P. The van der Waals surface area contributed by atoms with Crippen molar-refractivity contribution in [3.05, 3.63) is 91.0 Å². The molecule has 0 aromatic heterocycles. The van der Waals surface area contributed by atoms with Crippen LogP contribution in [-0.2, 0) is 0 Å². The third kappa shape index (κ3) is 4.01. The van der Waals surface area contributed by atoms with Crippen LogP contribution in [0.4, 0.5) is 0 Å². The summed E-state index contributed by atoms with van der Waals surface area (Å²) in [6.07, 6.45) is 2.44.